The van der Waals surface area contributed by atoms with Crippen LogP contribution in [0.4, 0.5) is 5.13 Å². The first-order valence-corrected chi connectivity index (χ1v) is 8.77. The van der Waals surface area contributed by atoms with Gasteiger partial charge in [-0.05, 0) is 30.5 Å². The maximum absolute atomic E-state index is 13.0. The van der Waals surface area contributed by atoms with Crippen molar-refractivity contribution in [1.82, 2.24) is 4.98 Å². The number of amides is 1. The van der Waals surface area contributed by atoms with Crippen LogP contribution in [0, 0.1) is 0 Å². The summed E-state index contributed by atoms with van der Waals surface area (Å²) in [4.78, 5) is 17.2. The molecular formula is C17H18N2O3S. The maximum Gasteiger partial charge on any atom is 0.236 e. The first-order valence-electron chi connectivity index (χ1n) is 7.89. The lowest BCUT2D eigenvalue weighted by molar-refractivity contribution is -0.121. The number of hydrogen-bond donors (Lipinski definition) is 1. The van der Waals surface area contributed by atoms with Gasteiger partial charge in [-0.3, -0.25) is 4.79 Å². The molecule has 0 saturated heterocycles. The van der Waals surface area contributed by atoms with Crippen LogP contribution in [-0.4, -0.2) is 24.1 Å². The molecule has 0 radical (unpaired) electrons. The Morgan fingerprint density at radius 2 is 1.96 bits per heavy atom. The van der Waals surface area contributed by atoms with Gasteiger partial charge in [0, 0.05) is 11.6 Å². The van der Waals surface area contributed by atoms with Crippen molar-refractivity contribution < 1.29 is 14.3 Å². The third-order valence-corrected chi connectivity index (χ3v) is 5.33. The van der Waals surface area contributed by atoms with Crippen molar-refractivity contribution >= 4 is 22.4 Å². The first-order chi connectivity index (χ1) is 11.3. The molecule has 1 fully saturated rings. The Bertz CT molecular complexity index is 709. The summed E-state index contributed by atoms with van der Waals surface area (Å²) in [6.45, 7) is 1.12. The minimum absolute atomic E-state index is 0.0293. The number of nitrogens with zero attached hydrogens (tertiary/aromatic N) is 1. The standard InChI is InChI=1S/C17H18N2O3S/c20-15(19-16-18-7-10-23-16)17(5-1-2-6-17)12-3-4-13-14(11-12)22-9-8-21-13/h3-4,7,10-11H,1-2,5-6,8-9H2,(H,18,19,20). The molecule has 0 atom stereocenters. The second-order valence-corrected chi connectivity index (χ2v) is 6.83. The molecule has 1 N–H and O–H groups in total. The van der Waals surface area contributed by atoms with Crippen LogP contribution >= 0.6 is 11.3 Å². The third kappa shape index (κ3) is 2.57. The normalized spacial score (nSPS) is 18.6. The zero-order valence-electron chi connectivity index (χ0n) is 12.7. The van der Waals surface area contributed by atoms with Gasteiger partial charge in [-0.15, -0.1) is 11.3 Å². The van der Waals surface area contributed by atoms with E-state index in [4.69, 9.17) is 9.47 Å². The molecule has 23 heavy (non-hydrogen) atoms. The van der Waals surface area contributed by atoms with E-state index in [0.717, 1.165) is 42.7 Å². The van der Waals surface area contributed by atoms with Crippen molar-refractivity contribution in [2.45, 2.75) is 31.1 Å². The number of aromatic nitrogens is 1. The predicted octanol–water partition coefficient (Wildman–Crippen LogP) is 3.36. The monoisotopic (exact) mass is 330 g/mol. The summed E-state index contributed by atoms with van der Waals surface area (Å²) in [5.74, 6) is 1.53. The fourth-order valence-corrected chi connectivity index (χ4v) is 3.99. The van der Waals surface area contributed by atoms with Gasteiger partial charge in [0.2, 0.25) is 5.91 Å². The molecule has 5 nitrogen and oxygen atoms in total. The summed E-state index contributed by atoms with van der Waals surface area (Å²) >= 11 is 1.44. The summed E-state index contributed by atoms with van der Waals surface area (Å²) in [6, 6.07) is 5.89. The van der Waals surface area contributed by atoms with Crippen LogP contribution in [0.5, 0.6) is 11.5 Å². The largest absolute Gasteiger partial charge is 0.486 e. The number of ether oxygens (including phenoxy) is 2. The topological polar surface area (TPSA) is 60.5 Å². The van der Waals surface area contributed by atoms with Gasteiger partial charge in [0.05, 0.1) is 5.41 Å². The average molecular weight is 330 g/mol. The molecule has 120 valence electrons. The Morgan fingerprint density at radius 1 is 1.17 bits per heavy atom. The highest BCUT2D eigenvalue weighted by Crippen LogP contribution is 2.45. The van der Waals surface area contributed by atoms with Crippen LogP contribution in [0.25, 0.3) is 0 Å². The highest BCUT2D eigenvalue weighted by atomic mass is 32.1. The van der Waals surface area contributed by atoms with E-state index in [1.54, 1.807) is 6.20 Å². The Morgan fingerprint density at radius 3 is 2.70 bits per heavy atom. The van der Waals surface area contributed by atoms with Gasteiger partial charge >= 0.3 is 0 Å². The number of benzene rings is 1. The van der Waals surface area contributed by atoms with E-state index < -0.39 is 5.41 Å². The van der Waals surface area contributed by atoms with E-state index in [1.165, 1.54) is 11.3 Å². The number of fused-ring (bicyclic) bond motifs is 1. The van der Waals surface area contributed by atoms with E-state index in [9.17, 15) is 4.79 Å². The average Bonchev–Trinajstić information content (AvgIpc) is 3.26. The second kappa shape index (κ2) is 5.85. The van der Waals surface area contributed by atoms with E-state index in [-0.39, 0.29) is 5.91 Å². The number of hydrogen-bond acceptors (Lipinski definition) is 5. The molecule has 1 aliphatic heterocycles. The van der Waals surface area contributed by atoms with Gasteiger partial charge in [-0.25, -0.2) is 4.98 Å². The summed E-state index contributed by atoms with van der Waals surface area (Å²) in [6.07, 6.45) is 5.51. The lowest BCUT2D eigenvalue weighted by atomic mass is 9.78. The zero-order chi connectivity index (χ0) is 15.7. The van der Waals surface area contributed by atoms with E-state index in [2.05, 4.69) is 10.3 Å². The Kier molecular flexibility index (Phi) is 3.69. The van der Waals surface area contributed by atoms with Crippen molar-refractivity contribution in [3.8, 4) is 11.5 Å². The van der Waals surface area contributed by atoms with Crippen LogP contribution in [0.2, 0.25) is 0 Å². The molecule has 1 amide bonds. The highest BCUT2D eigenvalue weighted by Gasteiger charge is 2.43. The fourth-order valence-electron chi connectivity index (χ4n) is 3.47. The number of carbonyl (C=O) groups is 1. The predicted molar refractivity (Wildman–Crippen MR) is 88.3 cm³/mol. The van der Waals surface area contributed by atoms with Crippen LogP contribution in [0.15, 0.2) is 29.8 Å². The van der Waals surface area contributed by atoms with Crippen LogP contribution in [0.3, 0.4) is 0 Å². The molecule has 2 heterocycles. The van der Waals surface area contributed by atoms with Gasteiger partial charge < -0.3 is 14.8 Å². The van der Waals surface area contributed by atoms with E-state index >= 15 is 0 Å². The smallest absolute Gasteiger partial charge is 0.236 e. The zero-order valence-corrected chi connectivity index (χ0v) is 13.5. The van der Waals surface area contributed by atoms with Crippen molar-refractivity contribution in [3.63, 3.8) is 0 Å². The second-order valence-electron chi connectivity index (χ2n) is 5.94. The SMILES string of the molecule is O=C(Nc1nccs1)C1(c2ccc3c(c2)OCCO3)CCCC1. The number of nitrogens with one attached hydrogen (secondary N) is 1. The molecule has 1 saturated carbocycles. The third-order valence-electron chi connectivity index (χ3n) is 4.64. The molecule has 1 aromatic heterocycles. The molecule has 1 aliphatic carbocycles. The van der Waals surface area contributed by atoms with Crippen molar-refractivity contribution in [2.75, 3.05) is 18.5 Å². The van der Waals surface area contributed by atoms with Crippen molar-refractivity contribution in [1.29, 1.82) is 0 Å². The molecule has 0 bridgehead atoms. The molecule has 0 unspecified atom stereocenters. The van der Waals surface area contributed by atoms with Crippen LogP contribution in [0.1, 0.15) is 31.2 Å². The number of anilines is 1. The Labute approximate surface area is 138 Å². The highest BCUT2D eigenvalue weighted by molar-refractivity contribution is 7.13. The summed E-state index contributed by atoms with van der Waals surface area (Å²) < 4.78 is 11.3. The first kappa shape index (κ1) is 14.5. The molecule has 4 rings (SSSR count). The minimum Gasteiger partial charge on any atom is -0.486 e. The summed E-state index contributed by atoms with van der Waals surface area (Å²) in [5, 5.41) is 5.49. The van der Waals surface area contributed by atoms with Gasteiger partial charge in [-0.2, -0.15) is 0 Å². The quantitative estimate of drug-likeness (QED) is 0.937. The number of thiazole rings is 1. The number of carbonyl (C=O) groups excluding carboxylic acids is 1. The Balaban J connectivity index is 1.68. The molecule has 1 aromatic carbocycles. The van der Waals surface area contributed by atoms with Crippen molar-refractivity contribution in [3.05, 3.63) is 35.3 Å². The summed E-state index contributed by atoms with van der Waals surface area (Å²) in [7, 11) is 0. The van der Waals surface area contributed by atoms with Crippen LogP contribution in [-0.2, 0) is 10.2 Å². The summed E-state index contributed by atoms with van der Waals surface area (Å²) in [5.41, 5.74) is 0.509. The lowest BCUT2D eigenvalue weighted by Crippen LogP contribution is -2.38. The van der Waals surface area contributed by atoms with Gasteiger partial charge in [0.1, 0.15) is 13.2 Å². The maximum atomic E-state index is 13.0. The van der Waals surface area contributed by atoms with E-state index in [0.29, 0.717) is 18.3 Å². The Hall–Kier alpha value is -2.08. The van der Waals surface area contributed by atoms with Gasteiger partial charge in [-0.1, -0.05) is 18.9 Å². The fraction of sp³-hybridized carbons (Fsp3) is 0.412. The molecular weight excluding hydrogens is 312 g/mol. The molecule has 2 aliphatic rings. The van der Waals surface area contributed by atoms with Gasteiger partial charge in [0.25, 0.3) is 0 Å². The molecule has 6 heteroatoms. The van der Waals surface area contributed by atoms with Gasteiger partial charge in [0.15, 0.2) is 16.6 Å². The van der Waals surface area contributed by atoms with Crippen LogP contribution < -0.4 is 14.8 Å². The lowest BCUT2D eigenvalue weighted by Gasteiger charge is -2.29. The molecule has 0 spiro atoms. The van der Waals surface area contributed by atoms with Crippen molar-refractivity contribution in [2.24, 2.45) is 0 Å². The molecule has 2 aromatic rings. The van der Waals surface area contributed by atoms with E-state index in [1.807, 2.05) is 23.6 Å². The number of rotatable bonds is 3. The minimum atomic E-state index is -0.499.